The summed E-state index contributed by atoms with van der Waals surface area (Å²) in [6, 6.07) is 3.66. The first-order chi connectivity index (χ1) is 10.6. The molecule has 2 N–H and O–H groups in total. The molecule has 0 bridgehead atoms. The lowest BCUT2D eigenvalue weighted by molar-refractivity contribution is -0.131. The van der Waals surface area contributed by atoms with Gasteiger partial charge in [-0.2, -0.15) is 0 Å². The van der Waals surface area contributed by atoms with Crippen molar-refractivity contribution in [2.75, 3.05) is 6.54 Å². The maximum absolute atomic E-state index is 12.5. The van der Waals surface area contributed by atoms with Crippen molar-refractivity contribution in [1.82, 2.24) is 14.9 Å². The molecule has 1 aliphatic heterocycles. The molecule has 3 rings (SSSR count). The Hall–Kier alpha value is -2.28. The molecule has 1 aliphatic rings. The van der Waals surface area contributed by atoms with Gasteiger partial charge in [-0.3, -0.25) is 14.6 Å². The number of primary amides is 1. The zero-order chi connectivity index (χ0) is 15.5. The minimum absolute atomic E-state index is 0.0535. The van der Waals surface area contributed by atoms with E-state index in [-0.39, 0.29) is 11.9 Å². The van der Waals surface area contributed by atoms with Crippen LogP contribution in [-0.4, -0.2) is 33.2 Å². The van der Waals surface area contributed by atoms with Crippen molar-refractivity contribution < 1.29 is 9.59 Å². The molecule has 3 heterocycles. The first kappa shape index (κ1) is 14.6. The lowest BCUT2D eigenvalue weighted by atomic mass is 10.2. The molecule has 2 aromatic heterocycles. The van der Waals surface area contributed by atoms with E-state index in [1.54, 1.807) is 12.4 Å². The summed E-state index contributed by atoms with van der Waals surface area (Å²) in [7, 11) is 0. The standard InChI is InChI=1S/C15H16N4O2S/c16-14(21)12-9-18-15(22-12)11-4-2-6-19(11)13(20)7-10-3-1-5-17-8-10/h1,3,5,8-9,11H,2,4,6-7H2,(H2,16,21)/t11-/m1/s1. The van der Waals surface area contributed by atoms with Gasteiger partial charge >= 0.3 is 0 Å². The van der Waals surface area contributed by atoms with Crippen molar-refractivity contribution in [2.45, 2.75) is 25.3 Å². The van der Waals surface area contributed by atoms with E-state index in [1.165, 1.54) is 17.5 Å². The van der Waals surface area contributed by atoms with Gasteiger partial charge in [-0.1, -0.05) is 6.07 Å². The van der Waals surface area contributed by atoms with Gasteiger partial charge in [0.05, 0.1) is 18.7 Å². The molecule has 1 fully saturated rings. The number of hydrogen-bond acceptors (Lipinski definition) is 5. The predicted molar refractivity (Wildman–Crippen MR) is 82.3 cm³/mol. The number of carbonyl (C=O) groups excluding carboxylic acids is 2. The van der Waals surface area contributed by atoms with Crippen molar-refractivity contribution in [3.05, 3.63) is 46.2 Å². The van der Waals surface area contributed by atoms with Gasteiger partial charge < -0.3 is 10.6 Å². The van der Waals surface area contributed by atoms with Gasteiger partial charge in [0, 0.05) is 18.9 Å². The van der Waals surface area contributed by atoms with Crippen LogP contribution in [0.5, 0.6) is 0 Å². The highest BCUT2D eigenvalue weighted by Crippen LogP contribution is 2.34. The minimum atomic E-state index is -0.477. The van der Waals surface area contributed by atoms with Crippen molar-refractivity contribution in [3.63, 3.8) is 0 Å². The Balaban J connectivity index is 1.74. The normalized spacial score (nSPS) is 17.6. The zero-order valence-electron chi connectivity index (χ0n) is 11.9. The molecule has 2 amide bonds. The number of nitrogens with two attached hydrogens (primary N) is 1. The smallest absolute Gasteiger partial charge is 0.260 e. The van der Waals surface area contributed by atoms with Crippen LogP contribution in [0.15, 0.2) is 30.7 Å². The zero-order valence-corrected chi connectivity index (χ0v) is 12.8. The molecular weight excluding hydrogens is 300 g/mol. The minimum Gasteiger partial charge on any atom is -0.365 e. The van der Waals surface area contributed by atoms with Crippen LogP contribution in [0.1, 0.15) is 39.1 Å². The second-order valence-electron chi connectivity index (χ2n) is 5.21. The summed E-state index contributed by atoms with van der Waals surface area (Å²) in [4.78, 5) is 34.3. The molecule has 6 nitrogen and oxygen atoms in total. The average molecular weight is 316 g/mol. The van der Waals surface area contributed by atoms with Gasteiger partial charge in [0.25, 0.3) is 5.91 Å². The highest BCUT2D eigenvalue weighted by atomic mass is 32.1. The molecule has 1 saturated heterocycles. The van der Waals surface area contributed by atoms with Crippen molar-refractivity contribution >= 4 is 23.2 Å². The van der Waals surface area contributed by atoms with E-state index in [9.17, 15) is 9.59 Å². The molecule has 0 radical (unpaired) electrons. The summed E-state index contributed by atoms with van der Waals surface area (Å²) < 4.78 is 0. The fourth-order valence-corrected chi connectivity index (χ4v) is 3.57. The molecule has 0 spiro atoms. The van der Waals surface area contributed by atoms with E-state index in [1.807, 2.05) is 17.0 Å². The highest BCUT2D eigenvalue weighted by molar-refractivity contribution is 7.13. The van der Waals surface area contributed by atoms with Crippen molar-refractivity contribution in [3.8, 4) is 0 Å². The number of carbonyl (C=O) groups is 2. The van der Waals surface area contributed by atoms with Crippen LogP contribution in [0.25, 0.3) is 0 Å². The van der Waals surface area contributed by atoms with E-state index in [0.29, 0.717) is 11.3 Å². The molecule has 0 aliphatic carbocycles. The largest absolute Gasteiger partial charge is 0.365 e. The number of rotatable bonds is 4. The van der Waals surface area contributed by atoms with Gasteiger partial charge in [-0.05, 0) is 24.5 Å². The molecule has 114 valence electrons. The van der Waals surface area contributed by atoms with Crippen molar-refractivity contribution in [2.24, 2.45) is 5.73 Å². The summed E-state index contributed by atoms with van der Waals surface area (Å²) in [6.45, 7) is 0.718. The quantitative estimate of drug-likeness (QED) is 0.926. The SMILES string of the molecule is NC(=O)c1cnc([C@H]2CCCN2C(=O)Cc2cccnc2)s1. The Morgan fingerprint density at radius 1 is 1.41 bits per heavy atom. The molecule has 1 atom stereocenters. The molecule has 0 unspecified atom stereocenters. The third kappa shape index (κ3) is 2.99. The van der Waals surface area contributed by atoms with Crippen LogP contribution in [-0.2, 0) is 11.2 Å². The molecular formula is C15H16N4O2S. The van der Waals surface area contributed by atoms with Crippen LogP contribution >= 0.6 is 11.3 Å². The molecule has 0 saturated carbocycles. The fourth-order valence-electron chi connectivity index (χ4n) is 2.66. The van der Waals surface area contributed by atoms with Crippen LogP contribution < -0.4 is 5.73 Å². The Kier molecular flexibility index (Phi) is 4.15. The van der Waals surface area contributed by atoms with Gasteiger partial charge in [0.2, 0.25) is 5.91 Å². The Morgan fingerprint density at radius 2 is 2.27 bits per heavy atom. The van der Waals surface area contributed by atoms with Gasteiger partial charge in [0.15, 0.2) is 0 Å². The van der Waals surface area contributed by atoms with Crippen LogP contribution in [0.2, 0.25) is 0 Å². The maximum Gasteiger partial charge on any atom is 0.260 e. The van der Waals surface area contributed by atoms with Crippen LogP contribution in [0.4, 0.5) is 0 Å². The number of amides is 2. The first-order valence-electron chi connectivity index (χ1n) is 7.09. The summed E-state index contributed by atoms with van der Waals surface area (Å²) in [5, 5.41) is 0.783. The van der Waals surface area contributed by atoms with E-state index in [0.717, 1.165) is 30.0 Å². The maximum atomic E-state index is 12.5. The van der Waals surface area contributed by atoms with Crippen molar-refractivity contribution in [1.29, 1.82) is 0 Å². The lowest BCUT2D eigenvalue weighted by Crippen LogP contribution is -2.31. The van der Waals surface area contributed by atoms with E-state index >= 15 is 0 Å². The fraction of sp³-hybridized carbons (Fsp3) is 0.333. The predicted octanol–water partition coefficient (Wildman–Crippen LogP) is 1.54. The number of nitrogens with zero attached hydrogens (tertiary/aromatic N) is 3. The number of likely N-dealkylation sites (tertiary alicyclic amines) is 1. The topological polar surface area (TPSA) is 89.2 Å². The second kappa shape index (κ2) is 6.23. The third-order valence-corrected chi connectivity index (χ3v) is 4.82. The average Bonchev–Trinajstić information content (AvgIpc) is 3.17. The summed E-state index contributed by atoms with van der Waals surface area (Å²) in [5.41, 5.74) is 6.16. The summed E-state index contributed by atoms with van der Waals surface area (Å²) in [5.74, 6) is -0.415. The highest BCUT2D eigenvalue weighted by Gasteiger charge is 2.32. The van der Waals surface area contributed by atoms with Gasteiger partial charge in [-0.25, -0.2) is 4.98 Å². The molecule has 7 heteroatoms. The molecule has 22 heavy (non-hydrogen) atoms. The Bertz CT molecular complexity index is 686. The van der Waals surface area contributed by atoms with Crippen LogP contribution in [0.3, 0.4) is 0 Å². The number of pyridine rings is 1. The molecule has 2 aromatic rings. The summed E-state index contributed by atoms with van der Waals surface area (Å²) in [6.07, 6.45) is 7.02. The van der Waals surface area contributed by atoms with E-state index in [2.05, 4.69) is 9.97 Å². The van der Waals surface area contributed by atoms with E-state index < -0.39 is 5.91 Å². The van der Waals surface area contributed by atoms with E-state index in [4.69, 9.17) is 5.73 Å². The summed E-state index contributed by atoms with van der Waals surface area (Å²) >= 11 is 1.27. The second-order valence-corrected chi connectivity index (χ2v) is 6.27. The first-order valence-corrected chi connectivity index (χ1v) is 7.90. The number of hydrogen-bond donors (Lipinski definition) is 1. The third-order valence-electron chi connectivity index (χ3n) is 3.70. The Morgan fingerprint density at radius 3 is 2.95 bits per heavy atom. The van der Waals surface area contributed by atoms with Gasteiger partial charge in [0.1, 0.15) is 9.88 Å². The monoisotopic (exact) mass is 316 g/mol. The number of thiazole rings is 1. The van der Waals surface area contributed by atoms with Gasteiger partial charge in [-0.15, -0.1) is 11.3 Å². The Labute approximate surface area is 132 Å². The molecule has 0 aromatic carbocycles. The van der Waals surface area contributed by atoms with Crippen LogP contribution in [0, 0.1) is 0 Å². The lowest BCUT2D eigenvalue weighted by Gasteiger charge is -2.23. The number of aromatic nitrogens is 2.